The second kappa shape index (κ2) is 5.18. The van der Waals surface area contributed by atoms with E-state index >= 15 is 0 Å². The molecule has 0 radical (unpaired) electrons. The lowest BCUT2D eigenvalue weighted by Crippen LogP contribution is -2.19. The molecular weight excluding hydrogens is 222 g/mol. The summed E-state index contributed by atoms with van der Waals surface area (Å²) in [6.07, 6.45) is 0.978. The van der Waals surface area contributed by atoms with Gasteiger partial charge in [0.2, 0.25) is 0 Å². The number of hydrogen-bond acceptors (Lipinski definition) is 5. The van der Waals surface area contributed by atoms with E-state index in [-0.39, 0.29) is 6.04 Å². The van der Waals surface area contributed by atoms with E-state index in [0.717, 1.165) is 18.8 Å². The van der Waals surface area contributed by atoms with Gasteiger partial charge in [-0.05, 0) is 35.8 Å². The zero-order valence-corrected chi connectivity index (χ0v) is 10.2. The van der Waals surface area contributed by atoms with Crippen LogP contribution in [0.25, 0.3) is 0 Å². The van der Waals surface area contributed by atoms with Gasteiger partial charge in [0, 0.05) is 17.8 Å². The molecule has 1 atom stereocenters. The standard InChI is InChI=1S/C10H15N5S/c1-8(11-2)10-12-13-14-15(10)6-5-9-4-3-7-16-9/h3-4,7-8,11H,5-6H2,1-2H3. The lowest BCUT2D eigenvalue weighted by atomic mass is 10.3. The molecule has 16 heavy (non-hydrogen) atoms. The number of tetrazole rings is 1. The van der Waals surface area contributed by atoms with Crippen molar-refractivity contribution in [2.45, 2.75) is 25.9 Å². The first-order chi connectivity index (χ1) is 7.81. The third kappa shape index (κ3) is 2.45. The molecule has 86 valence electrons. The summed E-state index contributed by atoms with van der Waals surface area (Å²) in [5.74, 6) is 0.888. The highest BCUT2D eigenvalue weighted by molar-refractivity contribution is 7.09. The van der Waals surface area contributed by atoms with Crippen molar-refractivity contribution in [2.75, 3.05) is 7.05 Å². The first-order valence-electron chi connectivity index (χ1n) is 5.27. The van der Waals surface area contributed by atoms with E-state index in [1.54, 1.807) is 11.3 Å². The van der Waals surface area contributed by atoms with Crippen LogP contribution in [0.1, 0.15) is 23.7 Å². The zero-order valence-electron chi connectivity index (χ0n) is 9.42. The molecule has 1 N–H and O–H groups in total. The topological polar surface area (TPSA) is 55.6 Å². The van der Waals surface area contributed by atoms with Crippen LogP contribution in [0.2, 0.25) is 0 Å². The molecule has 0 bridgehead atoms. The van der Waals surface area contributed by atoms with Gasteiger partial charge >= 0.3 is 0 Å². The Kier molecular flexibility index (Phi) is 3.63. The molecular formula is C10H15N5S. The lowest BCUT2D eigenvalue weighted by Gasteiger charge is -2.09. The van der Waals surface area contributed by atoms with Gasteiger partial charge in [-0.15, -0.1) is 16.4 Å². The van der Waals surface area contributed by atoms with Gasteiger partial charge in [0.15, 0.2) is 5.82 Å². The van der Waals surface area contributed by atoms with Gasteiger partial charge in [-0.2, -0.15) is 0 Å². The average Bonchev–Trinajstić information content (AvgIpc) is 2.96. The Hall–Kier alpha value is -1.27. The predicted molar refractivity (Wildman–Crippen MR) is 63.3 cm³/mol. The van der Waals surface area contributed by atoms with E-state index < -0.39 is 0 Å². The molecule has 0 spiro atoms. The SMILES string of the molecule is CNC(C)c1nnnn1CCc1cccs1. The van der Waals surface area contributed by atoms with Crippen molar-refractivity contribution in [1.82, 2.24) is 25.5 Å². The quantitative estimate of drug-likeness (QED) is 0.850. The van der Waals surface area contributed by atoms with Gasteiger partial charge < -0.3 is 5.32 Å². The summed E-state index contributed by atoms with van der Waals surface area (Å²) in [4.78, 5) is 1.36. The molecule has 0 aliphatic heterocycles. The van der Waals surface area contributed by atoms with Gasteiger partial charge in [-0.25, -0.2) is 4.68 Å². The van der Waals surface area contributed by atoms with Crippen molar-refractivity contribution < 1.29 is 0 Å². The molecule has 1 unspecified atom stereocenters. The Morgan fingerprint density at radius 2 is 2.44 bits per heavy atom. The predicted octanol–water partition coefficient (Wildman–Crippen LogP) is 1.26. The Morgan fingerprint density at radius 3 is 3.12 bits per heavy atom. The molecule has 6 heteroatoms. The molecule has 0 saturated heterocycles. The van der Waals surface area contributed by atoms with E-state index in [9.17, 15) is 0 Å². The number of nitrogens with zero attached hydrogens (tertiary/aromatic N) is 4. The van der Waals surface area contributed by atoms with Gasteiger partial charge in [0.25, 0.3) is 0 Å². The summed E-state index contributed by atoms with van der Waals surface area (Å²) < 4.78 is 1.86. The normalized spacial score (nSPS) is 12.9. The fraction of sp³-hybridized carbons (Fsp3) is 0.500. The molecule has 2 rings (SSSR count). The third-order valence-corrected chi connectivity index (χ3v) is 3.47. The first-order valence-corrected chi connectivity index (χ1v) is 6.15. The highest BCUT2D eigenvalue weighted by Crippen LogP contribution is 2.12. The van der Waals surface area contributed by atoms with Crippen LogP contribution in [0.3, 0.4) is 0 Å². The molecule has 2 heterocycles. The van der Waals surface area contributed by atoms with E-state index in [2.05, 4.69) is 38.4 Å². The number of aryl methyl sites for hydroxylation is 2. The van der Waals surface area contributed by atoms with Crippen LogP contribution < -0.4 is 5.32 Å². The number of rotatable bonds is 5. The molecule has 5 nitrogen and oxygen atoms in total. The number of thiophene rings is 1. The van der Waals surface area contributed by atoms with Gasteiger partial charge in [0.1, 0.15) is 0 Å². The lowest BCUT2D eigenvalue weighted by molar-refractivity contribution is 0.513. The highest BCUT2D eigenvalue weighted by atomic mass is 32.1. The summed E-state index contributed by atoms with van der Waals surface area (Å²) in [6, 6.07) is 4.38. The van der Waals surface area contributed by atoms with Crippen molar-refractivity contribution in [2.24, 2.45) is 0 Å². The van der Waals surface area contributed by atoms with Crippen LogP contribution in [0.4, 0.5) is 0 Å². The molecule has 2 aromatic heterocycles. The maximum absolute atomic E-state index is 4.03. The molecule has 0 fully saturated rings. The smallest absolute Gasteiger partial charge is 0.167 e. The summed E-state index contributed by atoms with van der Waals surface area (Å²) >= 11 is 1.77. The maximum Gasteiger partial charge on any atom is 0.167 e. The van der Waals surface area contributed by atoms with Crippen LogP contribution in [-0.2, 0) is 13.0 Å². The van der Waals surface area contributed by atoms with Gasteiger partial charge in [0.05, 0.1) is 6.04 Å². The number of hydrogen-bond donors (Lipinski definition) is 1. The van der Waals surface area contributed by atoms with Gasteiger partial charge in [-0.3, -0.25) is 0 Å². The van der Waals surface area contributed by atoms with Crippen molar-refractivity contribution in [3.8, 4) is 0 Å². The molecule has 0 saturated carbocycles. The molecule has 0 amide bonds. The second-order valence-corrected chi connectivity index (χ2v) is 4.63. The second-order valence-electron chi connectivity index (χ2n) is 3.60. The summed E-state index contributed by atoms with van der Waals surface area (Å²) in [5, 5.41) is 17.0. The number of nitrogens with one attached hydrogen (secondary N) is 1. The molecule has 2 aromatic rings. The Labute approximate surface area is 98.5 Å². The van der Waals surface area contributed by atoms with Crippen molar-refractivity contribution >= 4 is 11.3 Å². The number of aromatic nitrogens is 4. The fourth-order valence-corrected chi connectivity index (χ4v) is 2.18. The van der Waals surface area contributed by atoms with Crippen LogP contribution >= 0.6 is 11.3 Å². The van der Waals surface area contributed by atoms with Crippen molar-refractivity contribution in [3.63, 3.8) is 0 Å². The fourth-order valence-electron chi connectivity index (χ4n) is 1.48. The minimum atomic E-state index is 0.179. The van der Waals surface area contributed by atoms with Crippen LogP contribution in [0, 0.1) is 0 Å². The monoisotopic (exact) mass is 237 g/mol. The Bertz CT molecular complexity index is 422. The minimum absolute atomic E-state index is 0.179. The van der Waals surface area contributed by atoms with E-state index in [1.165, 1.54) is 4.88 Å². The van der Waals surface area contributed by atoms with E-state index in [1.807, 2.05) is 18.7 Å². The van der Waals surface area contributed by atoms with Crippen LogP contribution in [-0.4, -0.2) is 27.3 Å². The maximum atomic E-state index is 4.03. The Morgan fingerprint density at radius 1 is 1.56 bits per heavy atom. The first kappa shape index (κ1) is 11.2. The molecule has 0 aromatic carbocycles. The average molecular weight is 237 g/mol. The Balaban J connectivity index is 2.01. The minimum Gasteiger partial charge on any atom is -0.311 e. The van der Waals surface area contributed by atoms with Gasteiger partial charge in [-0.1, -0.05) is 6.07 Å². The molecule has 0 aliphatic carbocycles. The van der Waals surface area contributed by atoms with Crippen LogP contribution in [0.15, 0.2) is 17.5 Å². The van der Waals surface area contributed by atoms with Crippen LogP contribution in [0.5, 0.6) is 0 Å². The summed E-state index contributed by atoms with van der Waals surface area (Å²) in [6.45, 7) is 2.88. The van der Waals surface area contributed by atoms with Crippen molar-refractivity contribution in [3.05, 3.63) is 28.2 Å². The summed E-state index contributed by atoms with van der Waals surface area (Å²) in [7, 11) is 1.91. The largest absolute Gasteiger partial charge is 0.311 e. The third-order valence-electron chi connectivity index (χ3n) is 2.53. The highest BCUT2D eigenvalue weighted by Gasteiger charge is 2.12. The van der Waals surface area contributed by atoms with Crippen molar-refractivity contribution in [1.29, 1.82) is 0 Å². The van der Waals surface area contributed by atoms with E-state index in [0.29, 0.717) is 0 Å². The summed E-state index contributed by atoms with van der Waals surface area (Å²) in [5.41, 5.74) is 0. The molecule has 0 aliphatic rings. The zero-order chi connectivity index (χ0) is 11.4. The van der Waals surface area contributed by atoms with E-state index in [4.69, 9.17) is 0 Å².